The highest BCUT2D eigenvalue weighted by Crippen LogP contribution is 2.20. The molecule has 3 aromatic rings. The van der Waals surface area contributed by atoms with Gasteiger partial charge in [-0.3, -0.25) is 9.38 Å². The van der Waals surface area contributed by atoms with Gasteiger partial charge in [-0.25, -0.2) is 0 Å². The second-order valence-electron chi connectivity index (χ2n) is 3.58. The molecular weight excluding hydrogens is 200 g/mol. The first-order chi connectivity index (χ1) is 7.86. The third-order valence-corrected chi connectivity index (χ3v) is 2.55. The molecule has 78 valence electrons. The fourth-order valence-electron chi connectivity index (χ4n) is 1.75. The van der Waals surface area contributed by atoms with E-state index in [1.54, 1.807) is 6.20 Å². The number of aromatic nitrogens is 4. The van der Waals surface area contributed by atoms with Crippen molar-refractivity contribution >= 4 is 5.65 Å². The average Bonchev–Trinajstić information content (AvgIpc) is 2.73. The number of fused-ring (bicyclic) bond motifs is 1. The lowest BCUT2D eigenvalue weighted by atomic mass is 10.2. The van der Waals surface area contributed by atoms with E-state index < -0.39 is 0 Å². The summed E-state index contributed by atoms with van der Waals surface area (Å²) in [6.07, 6.45) is 3.74. The SMILES string of the molecule is Cc1nnc2c(-c3ccccn3)cccn12. The Morgan fingerprint density at radius 3 is 2.81 bits per heavy atom. The highest BCUT2D eigenvalue weighted by Gasteiger charge is 2.08. The highest BCUT2D eigenvalue weighted by atomic mass is 15.2. The van der Waals surface area contributed by atoms with E-state index >= 15 is 0 Å². The van der Waals surface area contributed by atoms with Crippen LogP contribution in [-0.2, 0) is 0 Å². The predicted molar refractivity (Wildman–Crippen MR) is 61.0 cm³/mol. The minimum atomic E-state index is 0.846. The summed E-state index contributed by atoms with van der Waals surface area (Å²) >= 11 is 0. The molecule has 0 spiro atoms. The molecule has 0 N–H and O–H groups in total. The number of hydrogen-bond acceptors (Lipinski definition) is 3. The molecule has 0 aliphatic heterocycles. The number of aryl methyl sites for hydroxylation is 1. The molecule has 3 heterocycles. The molecule has 0 aliphatic rings. The fourth-order valence-corrected chi connectivity index (χ4v) is 1.75. The van der Waals surface area contributed by atoms with E-state index in [2.05, 4.69) is 15.2 Å². The van der Waals surface area contributed by atoms with Crippen molar-refractivity contribution in [3.63, 3.8) is 0 Å². The quantitative estimate of drug-likeness (QED) is 0.617. The molecule has 0 radical (unpaired) electrons. The Hall–Kier alpha value is -2.23. The van der Waals surface area contributed by atoms with Crippen molar-refractivity contribution in [3.8, 4) is 11.3 Å². The molecular formula is C12H10N4. The van der Waals surface area contributed by atoms with Gasteiger partial charge in [-0.1, -0.05) is 6.07 Å². The van der Waals surface area contributed by atoms with Gasteiger partial charge in [-0.15, -0.1) is 10.2 Å². The number of nitrogens with zero attached hydrogens (tertiary/aromatic N) is 4. The van der Waals surface area contributed by atoms with Crippen molar-refractivity contribution < 1.29 is 0 Å². The van der Waals surface area contributed by atoms with Crippen molar-refractivity contribution in [3.05, 3.63) is 48.5 Å². The lowest BCUT2D eigenvalue weighted by Gasteiger charge is -2.01. The minimum absolute atomic E-state index is 0.846. The van der Waals surface area contributed by atoms with Gasteiger partial charge in [0.15, 0.2) is 5.65 Å². The van der Waals surface area contributed by atoms with E-state index in [0.717, 1.165) is 22.7 Å². The van der Waals surface area contributed by atoms with Crippen LogP contribution in [0.15, 0.2) is 42.7 Å². The first-order valence-corrected chi connectivity index (χ1v) is 5.08. The van der Waals surface area contributed by atoms with Gasteiger partial charge in [0, 0.05) is 18.0 Å². The van der Waals surface area contributed by atoms with Crippen LogP contribution in [0.5, 0.6) is 0 Å². The molecule has 0 fully saturated rings. The van der Waals surface area contributed by atoms with Gasteiger partial charge < -0.3 is 0 Å². The standard InChI is InChI=1S/C12H10N4/c1-9-14-15-12-10(5-4-8-16(9)12)11-6-2-3-7-13-11/h2-8H,1H3. The van der Waals surface area contributed by atoms with E-state index in [9.17, 15) is 0 Å². The Labute approximate surface area is 92.6 Å². The maximum Gasteiger partial charge on any atom is 0.170 e. The molecule has 0 unspecified atom stereocenters. The van der Waals surface area contributed by atoms with Gasteiger partial charge in [-0.05, 0) is 31.2 Å². The number of hydrogen-bond donors (Lipinski definition) is 0. The van der Waals surface area contributed by atoms with Crippen LogP contribution in [0.4, 0.5) is 0 Å². The lowest BCUT2D eigenvalue weighted by Crippen LogP contribution is -1.90. The second kappa shape index (κ2) is 3.41. The molecule has 0 saturated carbocycles. The van der Waals surface area contributed by atoms with Crippen molar-refractivity contribution in [2.45, 2.75) is 6.92 Å². The highest BCUT2D eigenvalue weighted by molar-refractivity contribution is 5.74. The van der Waals surface area contributed by atoms with Gasteiger partial charge in [0.2, 0.25) is 0 Å². The summed E-state index contributed by atoms with van der Waals surface area (Å²) in [7, 11) is 0. The summed E-state index contributed by atoms with van der Waals surface area (Å²) in [5.41, 5.74) is 2.77. The van der Waals surface area contributed by atoms with Crippen molar-refractivity contribution in [2.24, 2.45) is 0 Å². The van der Waals surface area contributed by atoms with Gasteiger partial charge in [0.1, 0.15) is 5.82 Å². The van der Waals surface area contributed by atoms with Crippen molar-refractivity contribution in [2.75, 3.05) is 0 Å². The summed E-state index contributed by atoms with van der Waals surface area (Å²) < 4.78 is 1.96. The fraction of sp³-hybridized carbons (Fsp3) is 0.0833. The topological polar surface area (TPSA) is 43.1 Å². The van der Waals surface area contributed by atoms with Crippen molar-refractivity contribution in [1.82, 2.24) is 19.6 Å². The zero-order valence-corrected chi connectivity index (χ0v) is 8.83. The van der Waals surface area contributed by atoms with Crippen LogP contribution in [0.1, 0.15) is 5.82 Å². The smallest absolute Gasteiger partial charge is 0.170 e. The Morgan fingerprint density at radius 1 is 1.06 bits per heavy atom. The summed E-state index contributed by atoms with van der Waals surface area (Å²) in [5.74, 6) is 0.882. The van der Waals surface area contributed by atoms with Crippen LogP contribution in [0.2, 0.25) is 0 Å². The first-order valence-electron chi connectivity index (χ1n) is 5.08. The third-order valence-electron chi connectivity index (χ3n) is 2.55. The first kappa shape index (κ1) is 9.03. The van der Waals surface area contributed by atoms with Gasteiger partial charge in [0.05, 0.1) is 5.69 Å². The summed E-state index contributed by atoms with van der Waals surface area (Å²) in [6.45, 7) is 1.93. The van der Waals surface area contributed by atoms with Gasteiger partial charge >= 0.3 is 0 Å². The van der Waals surface area contributed by atoms with Crippen LogP contribution in [-0.4, -0.2) is 19.6 Å². The summed E-state index contributed by atoms with van der Waals surface area (Å²) in [5, 5.41) is 8.23. The maximum atomic E-state index is 4.33. The normalized spacial score (nSPS) is 10.8. The summed E-state index contributed by atoms with van der Waals surface area (Å²) in [6, 6.07) is 9.83. The molecule has 0 saturated heterocycles. The number of rotatable bonds is 1. The average molecular weight is 210 g/mol. The maximum absolute atomic E-state index is 4.33. The number of pyridine rings is 2. The van der Waals surface area contributed by atoms with Crippen molar-refractivity contribution in [1.29, 1.82) is 0 Å². The van der Waals surface area contributed by atoms with Crippen LogP contribution in [0.3, 0.4) is 0 Å². The minimum Gasteiger partial charge on any atom is -0.286 e. The third kappa shape index (κ3) is 1.27. The zero-order chi connectivity index (χ0) is 11.0. The van der Waals surface area contributed by atoms with Crippen LogP contribution in [0.25, 0.3) is 16.9 Å². The second-order valence-corrected chi connectivity index (χ2v) is 3.58. The van der Waals surface area contributed by atoms with Gasteiger partial charge in [-0.2, -0.15) is 0 Å². The van der Waals surface area contributed by atoms with Gasteiger partial charge in [0.25, 0.3) is 0 Å². The Bertz CT molecular complexity index is 628. The van der Waals surface area contributed by atoms with E-state index in [1.807, 2.05) is 47.9 Å². The Morgan fingerprint density at radius 2 is 2.00 bits per heavy atom. The van der Waals surface area contributed by atoms with E-state index in [4.69, 9.17) is 0 Å². The predicted octanol–water partition coefficient (Wildman–Crippen LogP) is 2.10. The van der Waals surface area contributed by atoms with Crippen LogP contribution in [0, 0.1) is 6.92 Å². The molecule has 16 heavy (non-hydrogen) atoms. The van der Waals surface area contributed by atoms with E-state index in [-0.39, 0.29) is 0 Å². The lowest BCUT2D eigenvalue weighted by molar-refractivity contribution is 1.01. The summed E-state index contributed by atoms with van der Waals surface area (Å²) in [4.78, 5) is 4.33. The molecule has 0 amide bonds. The molecule has 4 heteroatoms. The van der Waals surface area contributed by atoms with Crippen LogP contribution < -0.4 is 0 Å². The molecule has 3 aromatic heterocycles. The zero-order valence-electron chi connectivity index (χ0n) is 8.83. The Balaban J connectivity index is 2.32. The van der Waals surface area contributed by atoms with E-state index in [0.29, 0.717) is 0 Å². The molecule has 4 nitrogen and oxygen atoms in total. The van der Waals surface area contributed by atoms with E-state index in [1.165, 1.54) is 0 Å². The molecule has 0 aliphatic carbocycles. The molecule has 0 atom stereocenters. The monoisotopic (exact) mass is 210 g/mol. The largest absolute Gasteiger partial charge is 0.286 e. The van der Waals surface area contributed by atoms with Crippen LogP contribution >= 0.6 is 0 Å². The molecule has 3 rings (SSSR count). The Kier molecular flexibility index (Phi) is 1.93. The molecule has 0 aromatic carbocycles. The molecule has 0 bridgehead atoms.